The van der Waals surface area contributed by atoms with E-state index in [2.05, 4.69) is 19.2 Å². The number of carbonyl (C=O) groups is 1. The summed E-state index contributed by atoms with van der Waals surface area (Å²) in [4.78, 5) is 14.3. The van der Waals surface area contributed by atoms with Crippen molar-refractivity contribution in [3.63, 3.8) is 0 Å². The van der Waals surface area contributed by atoms with Gasteiger partial charge in [-0.25, -0.2) is 8.42 Å². The van der Waals surface area contributed by atoms with Crippen LogP contribution in [0.1, 0.15) is 25.3 Å². The van der Waals surface area contributed by atoms with E-state index in [9.17, 15) is 13.2 Å². The van der Waals surface area contributed by atoms with Gasteiger partial charge in [-0.1, -0.05) is 32.0 Å². The molecule has 1 amide bonds. The first-order chi connectivity index (χ1) is 12.9. The fraction of sp³-hybridized carbons (Fsp3) is 0.421. The van der Waals surface area contributed by atoms with E-state index >= 15 is 0 Å². The predicted octanol–water partition coefficient (Wildman–Crippen LogP) is 2.82. The Labute approximate surface area is 164 Å². The third kappa shape index (κ3) is 4.95. The molecule has 0 atom stereocenters. The number of carbonyl (C=O) groups excluding carboxylic acids is 1. The molecule has 27 heavy (non-hydrogen) atoms. The largest absolute Gasteiger partial charge is 0.325 e. The Morgan fingerprint density at radius 3 is 2.33 bits per heavy atom. The standard InChI is InChI=1S/C19H25N3O3S2/c1-15(2)16-5-7-17(8-6-16)20-18(23)14-21-9-11-22(12-10-21)27(24,25)19-4-3-13-26-19/h3-8,13,15H,9-12,14H2,1-2H3,(H,20,23). The number of rotatable bonds is 6. The topological polar surface area (TPSA) is 69.7 Å². The van der Waals surface area contributed by atoms with Crippen molar-refractivity contribution in [2.75, 3.05) is 38.0 Å². The van der Waals surface area contributed by atoms with Gasteiger partial charge in [0.05, 0.1) is 6.54 Å². The minimum Gasteiger partial charge on any atom is -0.325 e. The zero-order chi connectivity index (χ0) is 19.4. The molecule has 1 aliphatic rings. The highest BCUT2D eigenvalue weighted by Crippen LogP contribution is 2.22. The maximum Gasteiger partial charge on any atom is 0.252 e. The van der Waals surface area contributed by atoms with E-state index in [0.29, 0.717) is 36.3 Å². The van der Waals surface area contributed by atoms with Gasteiger partial charge in [0.2, 0.25) is 5.91 Å². The molecular weight excluding hydrogens is 382 g/mol. The van der Waals surface area contributed by atoms with E-state index in [-0.39, 0.29) is 12.5 Å². The van der Waals surface area contributed by atoms with Gasteiger partial charge in [0.15, 0.2) is 0 Å². The minimum atomic E-state index is -3.41. The van der Waals surface area contributed by atoms with Crippen LogP contribution in [0.5, 0.6) is 0 Å². The first-order valence-corrected chi connectivity index (χ1v) is 11.3. The van der Waals surface area contributed by atoms with Crippen LogP contribution in [0.3, 0.4) is 0 Å². The third-order valence-corrected chi connectivity index (χ3v) is 7.92. The number of nitrogens with one attached hydrogen (secondary N) is 1. The van der Waals surface area contributed by atoms with Crippen molar-refractivity contribution in [1.82, 2.24) is 9.21 Å². The lowest BCUT2D eigenvalue weighted by molar-refractivity contribution is -0.117. The fourth-order valence-corrected chi connectivity index (χ4v) is 5.59. The monoisotopic (exact) mass is 407 g/mol. The van der Waals surface area contributed by atoms with E-state index in [1.165, 1.54) is 21.2 Å². The lowest BCUT2D eigenvalue weighted by Crippen LogP contribution is -2.50. The van der Waals surface area contributed by atoms with Gasteiger partial charge in [-0.3, -0.25) is 9.69 Å². The normalized spacial score (nSPS) is 16.6. The van der Waals surface area contributed by atoms with Crippen LogP contribution in [0.4, 0.5) is 5.69 Å². The average molecular weight is 408 g/mol. The Balaban J connectivity index is 1.49. The van der Waals surface area contributed by atoms with Crippen molar-refractivity contribution in [2.45, 2.75) is 24.0 Å². The summed E-state index contributed by atoms with van der Waals surface area (Å²) in [6, 6.07) is 11.2. The summed E-state index contributed by atoms with van der Waals surface area (Å²) in [7, 11) is -3.41. The molecule has 3 rings (SSSR count). The maximum atomic E-state index is 12.5. The van der Waals surface area contributed by atoms with Crippen LogP contribution in [0, 0.1) is 0 Å². The van der Waals surface area contributed by atoms with Gasteiger partial charge in [0.25, 0.3) is 10.0 Å². The number of amides is 1. The minimum absolute atomic E-state index is 0.0816. The molecular formula is C19H25N3O3S2. The Bertz CT molecular complexity index is 854. The Morgan fingerprint density at radius 1 is 1.11 bits per heavy atom. The highest BCUT2D eigenvalue weighted by molar-refractivity contribution is 7.91. The number of sulfonamides is 1. The molecule has 0 bridgehead atoms. The second kappa shape index (κ2) is 8.52. The zero-order valence-electron chi connectivity index (χ0n) is 15.6. The number of benzene rings is 1. The molecule has 2 heterocycles. The van der Waals surface area contributed by atoms with E-state index in [1.807, 2.05) is 29.2 Å². The molecule has 0 saturated carbocycles. The summed E-state index contributed by atoms with van der Waals surface area (Å²) in [5, 5.41) is 4.67. The second-order valence-corrected chi connectivity index (χ2v) is 10.0. The molecule has 2 aromatic rings. The Kier molecular flexibility index (Phi) is 6.31. The smallest absolute Gasteiger partial charge is 0.252 e. The number of hydrogen-bond donors (Lipinski definition) is 1. The van der Waals surface area contributed by atoms with Gasteiger partial charge < -0.3 is 5.32 Å². The lowest BCUT2D eigenvalue weighted by Gasteiger charge is -2.33. The summed E-state index contributed by atoms with van der Waals surface area (Å²) in [6.45, 7) is 6.42. The van der Waals surface area contributed by atoms with E-state index in [0.717, 1.165) is 5.69 Å². The van der Waals surface area contributed by atoms with E-state index in [1.54, 1.807) is 17.5 Å². The number of piperazine rings is 1. The van der Waals surface area contributed by atoms with Crippen molar-refractivity contribution >= 4 is 33.0 Å². The molecule has 0 radical (unpaired) electrons. The number of anilines is 1. The second-order valence-electron chi connectivity index (χ2n) is 6.94. The molecule has 0 aliphatic carbocycles. The fourth-order valence-electron chi connectivity index (χ4n) is 3.02. The first-order valence-electron chi connectivity index (χ1n) is 9.02. The number of nitrogens with zero attached hydrogens (tertiary/aromatic N) is 2. The molecule has 1 aromatic carbocycles. The summed E-state index contributed by atoms with van der Waals surface area (Å²) < 4.78 is 26.9. The van der Waals surface area contributed by atoms with Crippen molar-refractivity contribution in [2.24, 2.45) is 0 Å². The van der Waals surface area contributed by atoms with Crippen LogP contribution in [0.25, 0.3) is 0 Å². The molecule has 1 aliphatic heterocycles. The van der Waals surface area contributed by atoms with Gasteiger partial charge >= 0.3 is 0 Å². The van der Waals surface area contributed by atoms with Gasteiger partial charge in [0.1, 0.15) is 4.21 Å². The summed E-state index contributed by atoms with van der Waals surface area (Å²) in [6.07, 6.45) is 0. The SMILES string of the molecule is CC(C)c1ccc(NC(=O)CN2CCN(S(=O)(=O)c3cccs3)CC2)cc1. The average Bonchev–Trinajstić information content (AvgIpc) is 3.18. The van der Waals surface area contributed by atoms with Gasteiger partial charge in [-0.15, -0.1) is 11.3 Å². The van der Waals surface area contributed by atoms with E-state index < -0.39 is 10.0 Å². The summed E-state index contributed by atoms with van der Waals surface area (Å²) >= 11 is 1.23. The first kappa shape index (κ1) is 20.0. The van der Waals surface area contributed by atoms with Crippen LogP contribution in [0.2, 0.25) is 0 Å². The van der Waals surface area contributed by atoms with Crippen molar-refractivity contribution in [3.05, 3.63) is 47.3 Å². The van der Waals surface area contributed by atoms with Crippen LogP contribution in [0.15, 0.2) is 46.0 Å². The molecule has 1 aromatic heterocycles. The van der Waals surface area contributed by atoms with Crippen molar-refractivity contribution < 1.29 is 13.2 Å². The highest BCUT2D eigenvalue weighted by Gasteiger charge is 2.29. The summed E-state index contributed by atoms with van der Waals surface area (Å²) in [5.74, 6) is 0.373. The maximum absolute atomic E-state index is 12.5. The molecule has 0 unspecified atom stereocenters. The predicted molar refractivity (Wildman–Crippen MR) is 109 cm³/mol. The molecule has 8 heteroatoms. The number of hydrogen-bond acceptors (Lipinski definition) is 5. The number of thiophene rings is 1. The third-order valence-electron chi connectivity index (χ3n) is 4.65. The molecule has 1 N–H and O–H groups in total. The Hall–Kier alpha value is -1.74. The Morgan fingerprint density at radius 2 is 1.78 bits per heavy atom. The van der Waals surface area contributed by atoms with Crippen LogP contribution >= 0.6 is 11.3 Å². The lowest BCUT2D eigenvalue weighted by atomic mass is 10.0. The quantitative estimate of drug-likeness (QED) is 0.799. The molecule has 146 valence electrons. The van der Waals surface area contributed by atoms with Gasteiger partial charge in [-0.2, -0.15) is 4.31 Å². The molecule has 1 fully saturated rings. The molecule has 1 saturated heterocycles. The van der Waals surface area contributed by atoms with E-state index in [4.69, 9.17) is 0 Å². The van der Waals surface area contributed by atoms with Crippen LogP contribution in [-0.4, -0.2) is 56.3 Å². The van der Waals surface area contributed by atoms with Crippen molar-refractivity contribution in [1.29, 1.82) is 0 Å². The molecule has 6 nitrogen and oxygen atoms in total. The highest BCUT2D eigenvalue weighted by atomic mass is 32.2. The van der Waals surface area contributed by atoms with Crippen LogP contribution < -0.4 is 5.32 Å². The van der Waals surface area contributed by atoms with Gasteiger partial charge in [0, 0.05) is 31.9 Å². The molecule has 0 spiro atoms. The van der Waals surface area contributed by atoms with Crippen molar-refractivity contribution in [3.8, 4) is 0 Å². The van der Waals surface area contributed by atoms with Gasteiger partial charge in [-0.05, 0) is 35.1 Å². The summed E-state index contributed by atoms with van der Waals surface area (Å²) in [5.41, 5.74) is 2.01. The van der Waals surface area contributed by atoms with Crippen LogP contribution in [-0.2, 0) is 14.8 Å². The zero-order valence-corrected chi connectivity index (χ0v) is 17.2.